The molecule has 0 saturated carbocycles. The van der Waals surface area contributed by atoms with Gasteiger partial charge in [0.2, 0.25) is 5.91 Å². The third-order valence-electron chi connectivity index (χ3n) is 3.63. The number of nitrogen functional groups attached to an aromatic ring is 1. The number of amides is 1. The molecular formula is C15H23N3OS. The fourth-order valence-corrected chi connectivity index (χ4v) is 3.43. The summed E-state index contributed by atoms with van der Waals surface area (Å²) in [6.07, 6.45) is 1.95. The van der Waals surface area contributed by atoms with Crippen molar-refractivity contribution in [2.75, 3.05) is 29.5 Å². The quantitative estimate of drug-likeness (QED) is 0.819. The molecule has 2 rings (SSSR count). The second-order valence-corrected chi connectivity index (χ2v) is 6.21. The Hall–Kier alpha value is -1.36. The Labute approximate surface area is 125 Å². The Bertz CT molecular complexity index is 474. The van der Waals surface area contributed by atoms with E-state index in [0.717, 1.165) is 36.5 Å². The lowest BCUT2D eigenvalue weighted by Gasteiger charge is -2.31. The Morgan fingerprint density at radius 3 is 2.90 bits per heavy atom. The van der Waals surface area contributed by atoms with Crippen LogP contribution in [-0.4, -0.2) is 30.8 Å². The standard InChI is InChI=1S/C15H23N3OS/c1-3-12(4-2)17-15(19)10-18-7-8-20-14-6-5-11(16)9-13(14)18/h5-6,9,12H,3-4,7-8,10,16H2,1-2H3,(H,17,19). The second-order valence-electron chi connectivity index (χ2n) is 5.08. The molecule has 0 aromatic heterocycles. The molecule has 4 nitrogen and oxygen atoms in total. The van der Waals surface area contributed by atoms with Crippen LogP contribution in [0.25, 0.3) is 0 Å². The van der Waals surface area contributed by atoms with Crippen molar-refractivity contribution in [2.45, 2.75) is 37.6 Å². The molecule has 1 amide bonds. The van der Waals surface area contributed by atoms with Gasteiger partial charge in [-0.05, 0) is 31.0 Å². The smallest absolute Gasteiger partial charge is 0.239 e. The fraction of sp³-hybridized carbons (Fsp3) is 0.533. The minimum absolute atomic E-state index is 0.0963. The van der Waals surface area contributed by atoms with Gasteiger partial charge in [0, 0.05) is 28.9 Å². The van der Waals surface area contributed by atoms with Crippen molar-refractivity contribution in [1.29, 1.82) is 0 Å². The minimum Gasteiger partial charge on any atom is -0.399 e. The molecule has 0 bridgehead atoms. The van der Waals surface area contributed by atoms with Crippen LogP contribution in [0.2, 0.25) is 0 Å². The van der Waals surface area contributed by atoms with E-state index in [1.165, 1.54) is 4.90 Å². The zero-order valence-electron chi connectivity index (χ0n) is 12.2. The van der Waals surface area contributed by atoms with Crippen LogP contribution in [0.15, 0.2) is 23.1 Å². The summed E-state index contributed by atoms with van der Waals surface area (Å²) >= 11 is 1.82. The number of fused-ring (bicyclic) bond motifs is 1. The molecule has 0 fully saturated rings. The highest BCUT2D eigenvalue weighted by atomic mass is 32.2. The van der Waals surface area contributed by atoms with Crippen LogP contribution in [0.3, 0.4) is 0 Å². The maximum atomic E-state index is 12.1. The number of anilines is 2. The van der Waals surface area contributed by atoms with Crippen LogP contribution in [0.1, 0.15) is 26.7 Å². The van der Waals surface area contributed by atoms with Crippen LogP contribution in [-0.2, 0) is 4.79 Å². The van der Waals surface area contributed by atoms with Crippen LogP contribution in [0.4, 0.5) is 11.4 Å². The highest BCUT2D eigenvalue weighted by Gasteiger charge is 2.20. The van der Waals surface area contributed by atoms with Gasteiger partial charge in [-0.1, -0.05) is 13.8 Å². The summed E-state index contributed by atoms with van der Waals surface area (Å²) in [7, 11) is 0. The molecule has 1 heterocycles. The van der Waals surface area contributed by atoms with Gasteiger partial charge in [-0.15, -0.1) is 11.8 Å². The van der Waals surface area contributed by atoms with Crippen molar-refractivity contribution < 1.29 is 4.79 Å². The van der Waals surface area contributed by atoms with Gasteiger partial charge >= 0.3 is 0 Å². The summed E-state index contributed by atoms with van der Waals surface area (Å²) in [4.78, 5) is 15.5. The van der Waals surface area contributed by atoms with Gasteiger partial charge in [0.15, 0.2) is 0 Å². The first-order chi connectivity index (χ1) is 9.63. The SMILES string of the molecule is CCC(CC)NC(=O)CN1CCSc2ccc(N)cc21. The van der Waals surface area contributed by atoms with Gasteiger partial charge in [-0.25, -0.2) is 0 Å². The van der Waals surface area contributed by atoms with Gasteiger partial charge in [0.1, 0.15) is 0 Å². The van der Waals surface area contributed by atoms with Crippen LogP contribution in [0, 0.1) is 0 Å². The molecule has 0 saturated heterocycles. The van der Waals surface area contributed by atoms with E-state index in [2.05, 4.69) is 24.1 Å². The summed E-state index contributed by atoms with van der Waals surface area (Å²) in [5.74, 6) is 1.11. The molecule has 0 atom stereocenters. The Kier molecular flexibility index (Phi) is 5.17. The molecule has 0 spiro atoms. The number of carbonyl (C=O) groups excluding carboxylic acids is 1. The van der Waals surface area contributed by atoms with Gasteiger partial charge in [-0.2, -0.15) is 0 Å². The molecule has 0 unspecified atom stereocenters. The molecule has 3 N–H and O–H groups in total. The third kappa shape index (κ3) is 3.60. The summed E-state index contributed by atoms with van der Waals surface area (Å²) in [6, 6.07) is 6.20. The third-order valence-corrected chi connectivity index (χ3v) is 4.67. The van der Waals surface area contributed by atoms with Gasteiger partial charge in [0.05, 0.1) is 12.2 Å². The Morgan fingerprint density at radius 2 is 2.20 bits per heavy atom. The van der Waals surface area contributed by atoms with Crippen LogP contribution in [0.5, 0.6) is 0 Å². The molecule has 20 heavy (non-hydrogen) atoms. The monoisotopic (exact) mass is 293 g/mol. The zero-order chi connectivity index (χ0) is 14.5. The average Bonchev–Trinajstić information content (AvgIpc) is 2.45. The van der Waals surface area contributed by atoms with E-state index in [4.69, 9.17) is 5.73 Å². The van der Waals surface area contributed by atoms with Crippen molar-refractivity contribution in [3.8, 4) is 0 Å². The Balaban J connectivity index is 2.04. The molecule has 1 aromatic rings. The van der Waals surface area contributed by atoms with Crippen molar-refractivity contribution in [2.24, 2.45) is 0 Å². The predicted molar refractivity (Wildman–Crippen MR) is 86.3 cm³/mol. The van der Waals surface area contributed by atoms with Crippen molar-refractivity contribution in [3.63, 3.8) is 0 Å². The first-order valence-electron chi connectivity index (χ1n) is 7.20. The molecule has 0 aliphatic carbocycles. The molecule has 0 radical (unpaired) electrons. The van der Waals surface area contributed by atoms with Crippen molar-refractivity contribution >= 4 is 29.0 Å². The number of nitrogens with two attached hydrogens (primary N) is 1. The number of nitrogens with one attached hydrogen (secondary N) is 1. The van der Waals surface area contributed by atoms with Crippen LogP contribution < -0.4 is 16.0 Å². The van der Waals surface area contributed by atoms with E-state index < -0.39 is 0 Å². The van der Waals surface area contributed by atoms with E-state index in [-0.39, 0.29) is 11.9 Å². The second kappa shape index (κ2) is 6.88. The highest BCUT2D eigenvalue weighted by molar-refractivity contribution is 7.99. The molecule has 1 aliphatic rings. The summed E-state index contributed by atoms with van der Waals surface area (Å²) < 4.78 is 0. The maximum absolute atomic E-state index is 12.1. The zero-order valence-corrected chi connectivity index (χ0v) is 13.0. The largest absolute Gasteiger partial charge is 0.399 e. The number of hydrogen-bond acceptors (Lipinski definition) is 4. The molecule has 5 heteroatoms. The topological polar surface area (TPSA) is 58.4 Å². The van der Waals surface area contributed by atoms with E-state index in [1.54, 1.807) is 0 Å². The number of carbonyl (C=O) groups is 1. The molecule has 1 aromatic carbocycles. The normalized spacial score (nSPS) is 14.2. The number of benzene rings is 1. The first kappa shape index (κ1) is 15.0. The number of rotatable bonds is 5. The highest BCUT2D eigenvalue weighted by Crippen LogP contribution is 2.35. The fourth-order valence-electron chi connectivity index (χ4n) is 2.39. The van der Waals surface area contributed by atoms with Crippen LogP contribution >= 0.6 is 11.8 Å². The van der Waals surface area contributed by atoms with Crippen molar-refractivity contribution in [1.82, 2.24) is 5.32 Å². The van der Waals surface area contributed by atoms with Gasteiger partial charge in [0.25, 0.3) is 0 Å². The van der Waals surface area contributed by atoms with Gasteiger partial charge < -0.3 is 16.0 Å². The summed E-state index contributed by atoms with van der Waals surface area (Å²) in [6.45, 7) is 5.49. The average molecular weight is 293 g/mol. The number of thioether (sulfide) groups is 1. The lowest BCUT2D eigenvalue weighted by atomic mass is 10.2. The van der Waals surface area contributed by atoms with E-state index in [9.17, 15) is 4.79 Å². The lowest BCUT2D eigenvalue weighted by Crippen LogP contribution is -2.43. The van der Waals surface area contributed by atoms with Crippen molar-refractivity contribution in [3.05, 3.63) is 18.2 Å². The first-order valence-corrected chi connectivity index (χ1v) is 8.19. The molecular weight excluding hydrogens is 270 g/mol. The summed E-state index contributed by atoms with van der Waals surface area (Å²) in [5, 5.41) is 3.09. The Morgan fingerprint density at radius 1 is 1.45 bits per heavy atom. The molecule has 110 valence electrons. The lowest BCUT2D eigenvalue weighted by molar-refractivity contribution is -0.120. The number of nitrogens with zero attached hydrogens (tertiary/aromatic N) is 1. The predicted octanol–water partition coefficient (Wildman–Crippen LogP) is 2.49. The van der Waals surface area contributed by atoms with Gasteiger partial charge in [-0.3, -0.25) is 4.79 Å². The molecule has 1 aliphatic heterocycles. The van der Waals surface area contributed by atoms with E-state index in [0.29, 0.717) is 6.54 Å². The maximum Gasteiger partial charge on any atom is 0.239 e. The van der Waals surface area contributed by atoms with E-state index >= 15 is 0 Å². The number of hydrogen-bond donors (Lipinski definition) is 2. The minimum atomic E-state index is 0.0963. The summed E-state index contributed by atoms with van der Waals surface area (Å²) in [5.41, 5.74) is 7.69. The van der Waals surface area contributed by atoms with E-state index in [1.807, 2.05) is 30.0 Å².